The van der Waals surface area contributed by atoms with Crippen LogP contribution in [0, 0.1) is 0 Å². The van der Waals surface area contributed by atoms with Gasteiger partial charge in [-0.05, 0) is 49.4 Å². The molecule has 2 aromatic carbocycles. The molecule has 0 aliphatic carbocycles. The number of nitrogens with one attached hydrogen (secondary N) is 2. The Morgan fingerprint density at radius 1 is 1.17 bits per heavy atom. The number of fused-ring (bicyclic) bond motifs is 2. The number of amides is 1. The summed E-state index contributed by atoms with van der Waals surface area (Å²) in [6.45, 7) is 3.05. The van der Waals surface area contributed by atoms with Crippen molar-refractivity contribution in [3.05, 3.63) is 54.1 Å². The van der Waals surface area contributed by atoms with Gasteiger partial charge in [-0.1, -0.05) is 0 Å². The van der Waals surface area contributed by atoms with Gasteiger partial charge >= 0.3 is 0 Å². The molecule has 30 heavy (non-hydrogen) atoms. The van der Waals surface area contributed by atoms with Crippen molar-refractivity contribution in [1.29, 1.82) is 0 Å². The number of methoxy groups -OCH3 is 1. The van der Waals surface area contributed by atoms with Crippen LogP contribution in [-0.2, 0) is 6.54 Å². The number of aryl methyl sites for hydroxylation is 1. The lowest BCUT2D eigenvalue weighted by Gasteiger charge is -2.06. The Kier molecular flexibility index (Phi) is 4.31. The third-order valence-corrected chi connectivity index (χ3v) is 5.15. The van der Waals surface area contributed by atoms with Crippen LogP contribution in [0.2, 0.25) is 0 Å². The largest absolute Gasteiger partial charge is 0.497 e. The van der Waals surface area contributed by atoms with E-state index in [9.17, 15) is 4.79 Å². The smallest absolute Gasteiger partial charge is 0.257 e. The van der Waals surface area contributed by atoms with Crippen LogP contribution in [0.25, 0.3) is 22.3 Å². The molecule has 0 unspecified atom stereocenters. The fraction of sp³-hybridized carbons (Fsp3) is 0.182. The molecule has 1 amide bonds. The van der Waals surface area contributed by atoms with Gasteiger partial charge in [-0.3, -0.25) is 9.89 Å². The summed E-state index contributed by atoms with van der Waals surface area (Å²) in [6, 6.07) is 15.0. The van der Waals surface area contributed by atoms with Crippen LogP contribution in [0.4, 0.5) is 5.82 Å². The van der Waals surface area contributed by atoms with Crippen molar-refractivity contribution < 1.29 is 19.0 Å². The van der Waals surface area contributed by atoms with Crippen LogP contribution in [0.1, 0.15) is 17.3 Å². The van der Waals surface area contributed by atoms with Crippen LogP contribution in [0.3, 0.4) is 0 Å². The van der Waals surface area contributed by atoms with Crippen LogP contribution < -0.4 is 19.5 Å². The van der Waals surface area contributed by atoms with Crippen molar-refractivity contribution in [3.8, 4) is 28.6 Å². The summed E-state index contributed by atoms with van der Waals surface area (Å²) in [5.74, 6) is 2.18. The number of carbonyl (C=O) groups is 1. The third kappa shape index (κ3) is 3.02. The van der Waals surface area contributed by atoms with Gasteiger partial charge in [0.05, 0.1) is 18.5 Å². The van der Waals surface area contributed by atoms with E-state index in [0.29, 0.717) is 22.9 Å². The van der Waals surface area contributed by atoms with Crippen LogP contribution in [0.5, 0.6) is 17.2 Å². The first-order chi connectivity index (χ1) is 14.7. The average Bonchev–Trinajstić information content (AvgIpc) is 3.49. The summed E-state index contributed by atoms with van der Waals surface area (Å²) in [5.41, 5.74) is 3.37. The fourth-order valence-corrected chi connectivity index (χ4v) is 3.68. The third-order valence-electron chi connectivity index (χ3n) is 5.15. The molecule has 5 rings (SSSR count). The van der Waals surface area contributed by atoms with E-state index >= 15 is 0 Å². The maximum absolute atomic E-state index is 12.6. The Hall–Kier alpha value is -3.94. The molecule has 2 N–H and O–H groups in total. The van der Waals surface area contributed by atoms with Gasteiger partial charge in [-0.15, -0.1) is 0 Å². The zero-order valence-corrected chi connectivity index (χ0v) is 16.6. The molecule has 0 bridgehead atoms. The monoisotopic (exact) mass is 404 g/mol. The number of anilines is 1. The number of nitrogens with zero attached hydrogens (tertiary/aromatic N) is 2. The van der Waals surface area contributed by atoms with Gasteiger partial charge in [0.15, 0.2) is 17.3 Å². The van der Waals surface area contributed by atoms with Crippen LogP contribution >= 0.6 is 0 Å². The zero-order chi connectivity index (χ0) is 20.7. The van der Waals surface area contributed by atoms with Crippen molar-refractivity contribution in [2.24, 2.45) is 0 Å². The van der Waals surface area contributed by atoms with Gasteiger partial charge in [-0.2, -0.15) is 5.10 Å². The van der Waals surface area contributed by atoms with Crippen molar-refractivity contribution in [3.63, 3.8) is 0 Å². The molecule has 0 saturated carbocycles. The fourth-order valence-electron chi connectivity index (χ4n) is 3.68. The first-order valence-corrected chi connectivity index (χ1v) is 9.60. The van der Waals surface area contributed by atoms with E-state index in [1.54, 1.807) is 25.3 Å². The molecular formula is C22H20N4O4. The minimum atomic E-state index is -0.271. The molecule has 152 valence electrons. The highest BCUT2D eigenvalue weighted by Gasteiger charge is 2.18. The topological polar surface area (TPSA) is 90.4 Å². The number of carbonyl (C=O) groups excluding carboxylic acids is 1. The zero-order valence-electron chi connectivity index (χ0n) is 16.6. The lowest BCUT2D eigenvalue weighted by Crippen LogP contribution is -2.12. The predicted octanol–water partition coefficient (Wildman–Crippen LogP) is 4.04. The standard InChI is InChI=1S/C22H20N4O4/c1-3-26-17-6-5-15(28-2)8-14(17)9-18(26)16-11-21(25-24-16)23-22(27)13-4-7-19-20(10-13)30-12-29-19/h4-11H,3,12H2,1-2H3,(H2,23,24,25,27). The Morgan fingerprint density at radius 3 is 2.87 bits per heavy atom. The highest BCUT2D eigenvalue weighted by atomic mass is 16.7. The van der Waals surface area contributed by atoms with E-state index < -0.39 is 0 Å². The SMILES string of the molecule is CCn1c(-c2cc(NC(=O)c3ccc4c(c3)OCO4)n[nH]2)cc2cc(OC)ccc21. The first kappa shape index (κ1) is 18.1. The second-order valence-corrected chi connectivity index (χ2v) is 6.89. The van der Waals surface area contributed by atoms with Crippen molar-refractivity contribution in [1.82, 2.24) is 14.8 Å². The Labute approximate surface area is 172 Å². The average molecular weight is 404 g/mol. The quantitative estimate of drug-likeness (QED) is 0.524. The Bertz CT molecular complexity index is 1260. The number of aromatic nitrogens is 3. The molecule has 8 heteroatoms. The van der Waals surface area contributed by atoms with Crippen molar-refractivity contribution in [2.45, 2.75) is 13.5 Å². The van der Waals surface area contributed by atoms with E-state index in [1.165, 1.54) is 0 Å². The molecule has 0 fully saturated rings. The lowest BCUT2D eigenvalue weighted by atomic mass is 10.2. The van der Waals surface area contributed by atoms with Gasteiger partial charge in [0.1, 0.15) is 5.75 Å². The summed E-state index contributed by atoms with van der Waals surface area (Å²) in [6.07, 6.45) is 0. The summed E-state index contributed by atoms with van der Waals surface area (Å²) in [5, 5.41) is 11.2. The van der Waals surface area contributed by atoms with Gasteiger partial charge < -0.3 is 24.1 Å². The second kappa shape index (κ2) is 7.14. The lowest BCUT2D eigenvalue weighted by molar-refractivity contribution is 0.102. The highest BCUT2D eigenvalue weighted by Crippen LogP contribution is 2.33. The second-order valence-electron chi connectivity index (χ2n) is 6.89. The van der Waals surface area contributed by atoms with E-state index in [0.717, 1.165) is 34.6 Å². The van der Waals surface area contributed by atoms with Gasteiger partial charge in [0.25, 0.3) is 5.91 Å². The molecule has 0 saturated heterocycles. The van der Waals surface area contributed by atoms with Gasteiger partial charge in [0.2, 0.25) is 6.79 Å². The van der Waals surface area contributed by atoms with E-state index in [2.05, 4.69) is 33.1 Å². The molecule has 0 radical (unpaired) electrons. The van der Waals surface area contributed by atoms with E-state index in [1.807, 2.05) is 24.3 Å². The van der Waals surface area contributed by atoms with Gasteiger partial charge in [0, 0.05) is 29.1 Å². The molecule has 0 spiro atoms. The molecular weight excluding hydrogens is 384 g/mol. The van der Waals surface area contributed by atoms with Crippen molar-refractivity contribution >= 4 is 22.6 Å². The highest BCUT2D eigenvalue weighted by molar-refractivity contribution is 6.04. The normalized spacial score (nSPS) is 12.3. The Morgan fingerprint density at radius 2 is 2.03 bits per heavy atom. The number of aromatic amines is 1. The molecule has 1 aliphatic rings. The predicted molar refractivity (Wildman–Crippen MR) is 112 cm³/mol. The van der Waals surface area contributed by atoms with Crippen molar-refractivity contribution in [2.75, 3.05) is 19.2 Å². The molecule has 4 aromatic rings. The molecule has 2 aromatic heterocycles. The molecule has 8 nitrogen and oxygen atoms in total. The summed E-state index contributed by atoms with van der Waals surface area (Å²) >= 11 is 0. The van der Waals surface area contributed by atoms with E-state index in [4.69, 9.17) is 14.2 Å². The Balaban J connectivity index is 1.42. The number of H-pyrrole nitrogens is 1. The maximum Gasteiger partial charge on any atom is 0.257 e. The number of ether oxygens (including phenoxy) is 3. The molecule has 1 aliphatic heterocycles. The minimum absolute atomic E-state index is 0.167. The molecule has 0 atom stereocenters. The van der Waals surface area contributed by atoms with Crippen LogP contribution in [-0.4, -0.2) is 34.6 Å². The van der Waals surface area contributed by atoms with E-state index in [-0.39, 0.29) is 12.7 Å². The minimum Gasteiger partial charge on any atom is -0.497 e. The summed E-state index contributed by atoms with van der Waals surface area (Å²) < 4.78 is 18.1. The summed E-state index contributed by atoms with van der Waals surface area (Å²) in [7, 11) is 1.66. The number of hydrogen-bond donors (Lipinski definition) is 2. The van der Waals surface area contributed by atoms with Crippen LogP contribution in [0.15, 0.2) is 48.5 Å². The van der Waals surface area contributed by atoms with Gasteiger partial charge in [-0.25, -0.2) is 0 Å². The maximum atomic E-state index is 12.6. The first-order valence-electron chi connectivity index (χ1n) is 9.60. The number of hydrogen-bond acceptors (Lipinski definition) is 5. The number of benzene rings is 2. The number of rotatable bonds is 5. The molecule has 3 heterocycles. The summed E-state index contributed by atoms with van der Waals surface area (Å²) in [4.78, 5) is 12.6.